The predicted octanol–water partition coefficient (Wildman–Crippen LogP) is 1.41. The highest BCUT2D eigenvalue weighted by Gasteiger charge is 2.62. The summed E-state index contributed by atoms with van der Waals surface area (Å²) in [5.41, 5.74) is 0.422. The number of terminal acetylenes is 1. The second kappa shape index (κ2) is 3.56. The first kappa shape index (κ1) is 10.0. The average Bonchev–Trinajstić information content (AvgIpc) is 2.11. The van der Waals surface area contributed by atoms with Crippen LogP contribution in [0.1, 0.15) is 26.2 Å². The van der Waals surface area contributed by atoms with E-state index in [-0.39, 0.29) is 0 Å². The minimum absolute atomic E-state index is 0.422. The van der Waals surface area contributed by atoms with Crippen LogP contribution in [0.2, 0.25) is 0 Å². The Morgan fingerprint density at radius 2 is 2.29 bits per heavy atom. The molecular weight excluding hydrogens is 174 g/mol. The summed E-state index contributed by atoms with van der Waals surface area (Å²) in [6.07, 6.45) is 9.68. The summed E-state index contributed by atoms with van der Waals surface area (Å²) in [4.78, 5) is 0. The van der Waals surface area contributed by atoms with E-state index in [0.29, 0.717) is 30.0 Å². The van der Waals surface area contributed by atoms with Crippen molar-refractivity contribution in [1.29, 1.82) is 0 Å². The van der Waals surface area contributed by atoms with Crippen molar-refractivity contribution in [2.75, 3.05) is 13.7 Å². The van der Waals surface area contributed by atoms with Gasteiger partial charge in [-0.2, -0.15) is 0 Å². The summed E-state index contributed by atoms with van der Waals surface area (Å²) >= 11 is 0. The first-order chi connectivity index (χ1) is 6.76. The molecule has 14 heavy (non-hydrogen) atoms. The fraction of sp³-hybridized carbons (Fsp3) is 0.833. The molecule has 0 aromatic rings. The summed E-state index contributed by atoms with van der Waals surface area (Å²) in [5.74, 6) is 3.26. The van der Waals surface area contributed by atoms with Gasteiger partial charge in [0.05, 0.1) is 12.6 Å². The highest BCUT2D eigenvalue weighted by Crippen LogP contribution is 2.59. The molecule has 0 aromatic carbocycles. The van der Waals surface area contributed by atoms with Crippen molar-refractivity contribution in [3.05, 3.63) is 0 Å². The molecular formula is C12H19NO. The summed E-state index contributed by atoms with van der Waals surface area (Å²) in [7, 11) is 1.83. The van der Waals surface area contributed by atoms with Crippen LogP contribution in [0, 0.1) is 23.7 Å². The van der Waals surface area contributed by atoms with Crippen molar-refractivity contribution in [1.82, 2.24) is 5.32 Å². The molecule has 2 nitrogen and oxygen atoms in total. The van der Waals surface area contributed by atoms with Crippen LogP contribution in [0.25, 0.3) is 0 Å². The largest absolute Gasteiger partial charge is 0.380 e. The van der Waals surface area contributed by atoms with Gasteiger partial charge < -0.3 is 10.1 Å². The van der Waals surface area contributed by atoms with Crippen LogP contribution < -0.4 is 5.32 Å². The van der Waals surface area contributed by atoms with Gasteiger partial charge in [0.15, 0.2) is 0 Å². The van der Waals surface area contributed by atoms with Gasteiger partial charge in [-0.1, -0.05) is 19.3 Å². The molecule has 2 rings (SSSR count). The van der Waals surface area contributed by atoms with E-state index in [0.717, 1.165) is 0 Å². The summed E-state index contributed by atoms with van der Waals surface area (Å²) in [5, 5.41) is 3.46. The molecule has 0 bridgehead atoms. The van der Waals surface area contributed by atoms with Gasteiger partial charge in [0.1, 0.15) is 0 Å². The van der Waals surface area contributed by atoms with Gasteiger partial charge in [-0.25, -0.2) is 0 Å². The zero-order valence-corrected chi connectivity index (χ0v) is 9.05. The molecule has 2 heteroatoms. The number of hydrogen-bond acceptors (Lipinski definition) is 2. The Hall–Kier alpha value is -0.520. The molecule has 1 N–H and O–H groups in total. The monoisotopic (exact) mass is 193 g/mol. The third kappa shape index (κ3) is 1.12. The molecule has 3 atom stereocenters. The Bertz CT molecular complexity index is 252. The summed E-state index contributed by atoms with van der Waals surface area (Å²) in [6, 6.07) is 0.581. The molecule has 2 aliphatic carbocycles. The Morgan fingerprint density at radius 3 is 2.71 bits per heavy atom. The van der Waals surface area contributed by atoms with E-state index in [1.807, 2.05) is 7.11 Å². The quantitative estimate of drug-likeness (QED) is 0.684. The van der Waals surface area contributed by atoms with Gasteiger partial charge in [0.25, 0.3) is 0 Å². The fourth-order valence-corrected chi connectivity index (χ4v) is 3.47. The van der Waals surface area contributed by atoms with Gasteiger partial charge in [-0.3, -0.25) is 0 Å². The summed E-state index contributed by atoms with van der Waals surface area (Å²) in [6.45, 7) is 2.94. The van der Waals surface area contributed by atoms with E-state index in [4.69, 9.17) is 11.2 Å². The molecule has 0 saturated heterocycles. The number of nitrogens with one attached hydrogen (secondary N) is 1. The molecule has 0 radical (unpaired) electrons. The molecule has 0 amide bonds. The van der Waals surface area contributed by atoms with E-state index < -0.39 is 0 Å². The maximum atomic E-state index is 5.57. The Kier molecular flexibility index (Phi) is 2.55. The Labute approximate surface area is 86.4 Å². The van der Waals surface area contributed by atoms with Crippen molar-refractivity contribution < 1.29 is 4.74 Å². The van der Waals surface area contributed by atoms with E-state index in [1.54, 1.807) is 0 Å². The van der Waals surface area contributed by atoms with E-state index in [9.17, 15) is 0 Å². The molecule has 2 saturated carbocycles. The number of hydrogen-bond donors (Lipinski definition) is 1. The molecule has 2 aliphatic rings. The smallest absolute Gasteiger partial charge is 0.0683 e. The van der Waals surface area contributed by atoms with Crippen LogP contribution in [-0.2, 0) is 4.74 Å². The highest BCUT2D eigenvalue weighted by molar-refractivity contribution is 5.16. The highest BCUT2D eigenvalue weighted by atomic mass is 16.5. The maximum Gasteiger partial charge on any atom is 0.0683 e. The van der Waals surface area contributed by atoms with Gasteiger partial charge in [-0.05, 0) is 18.8 Å². The molecule has 0 heterocycles. The van der Waals surface area contributed by atoms with E-state index in [1.165, 1.54) is 19.3 Å². The van der Waals surface area contributed by atoms with Crippen LogP contribution in [0.5, 0.6) is 0 Å². The molecule has 78 valence electrons. The first-order valence-corrected chi connectivity index (χ1v) is 5.46. The topological polar surface area (TPSA) is 21.3 Å². The third-order valence-corrected chi connectivity index (χ3v) is 4.15. The van der Waals surface area contributed by atoms with Crippen molar-refractivity contribution in [2.45, 2.75) is 38.3 Å². The summed E-state index contributed by atoms with van der Waals surface area (Å²) < 4.78 is 5.57. The van der Waals surface area contributed by atoms with Gasteiger partial charge in [0, 0.05) is 18.6 Å². The van der Waals surface area contributed by atoms with Crippen molar-refractivity contribution in [3.63, 3.8) is 0 Å². The zero-order chi connectivity index (χ0) is 10.2. The lowest BCUT2D eigenvalue weighted by Crippen LogP contribution is -2.72. The lowest BCUT2D eigenvalue weighted by atomic mass is 9.46. The number of rotatable bonds is 3. The lowest BCUT2D eigenvalue weighted by molar-refractivity contribution is -0.200. The second-order valence-corrected chi connectivity index (χ2v) is 4.66. The normalized spacial score (nSPS) is 38.5. The predicted molar refractivity (Wildman–Crippen MR) is 56.9 cm³/mol. The average molecular weight is 193 g/mol. The molecule has 1 spiro atoms. The fourth-order valence-electron chi connectivity index (χ4n) is 3.47. The minimum Gasteiger partial charge on any atom is -0.380 e. The number of ether oxygens (including phenoxy) is 1. The first-order valence-electron chi connectivity index (χ1n) is 5.46. The molecule has 2 fully saturated rings. The van der Waals surface area contributed by atoms with Crippen molar-refractivity contribution >= 4 is 0 Å². The van der Waals surface area contributed by atoms with E-state index >= 15 is 0 Å². The maximum absolute atomic E-state index is 5.57. The van der Waals surface area contributed by atoms with Gasteiger partial charge in [-0.15, -0.1) is 6.42 Å². The van der Waals surface area contributed by atoms with Gasteiger partial charge in [0.2, 0.25) is 0 Å². The van der Waals surface area contributed by atoms with Crippen LogP contribution in [0.3, 0.4) is 0 Å². The molecule has 3 unspecified atom stereocenters. The van der Waals surface area contributed by atoms with E-state index in [2.05, 4.69) is 18.2 Å². The van der Waals surface area contributed by atoms with Crippen LogP contribution in [-0.4, -0.2) is 25.8 Å². The lowest BCUT2D eigenvalue weighted by Gasteiger charge is -2.64. The molecule has 0 aliphatic heterocycles. The van der Waals surface area contributed by atoms with Crippen LogP contribution in [0.15, 0.2) is 0 Å². The minimum atomic E-state index is 0.422. The second-order valence-electron chi connectivity index (χ2n) is 4.66. The van der Waals surface area contributed by atoms with Gasteiger partial charge >= 0.3 is 0 Å². The SMILES string of the molecule is C#CCNC1C(C)C(OC)C12CCC2. The van der Waals surface area contributed by atoms with Crippen molar-refractivity contribution in [3.8, 4) is 12.3 Å². The third-order valence-electron chi connectivity index (χ3n) is 4.15. The van der Waals surface area contributed by atoms with Crippen molar-refractivity contribution in [2.24, 2.45) is 11.3 Å². The van der Waals surface area contributed by atoms with Crippen LogP contribution >= 0.6 is 0 Å². The molecule has 0 aromatic heterocycles. The number of methoxy groups -OCH3 is 1. The van der Waals surface area contributed by atoms with Crippen LogP contribution in [0.4, 0.5) is 0 Å². The Morgan fingerprint density at radius 1 is 1.57 bits per heavy atom. The Balaban J connectivity index is 2.00. The zero-order valence-electron chi connectivity index (χ0n) is 9.05. The standard InChI is InChI=1S/C12H19NO/c1-4-8-13-10-9(2)11(14-3)12(10)6-5-7-12/h1,9-11,13H,5-8H2,2-3H3.